The van der Waals surface area contributed by atoms with Gasteiger partial charge < -0.3 is 24.1 Å². The van der Waals surface area contributed by atoms with Gasteiger partial charge >= 0.3 is 0 Å². The highest BCUT2D eigenvalue weighted by Crippen LogP contribution is 2.06. The molecule has 1 aliphatic heterocycles. The van der Waals surface area contributed by atoms with Crippen LogP contribution in [0.3, 0.4) is 0 Å². The summed E-state index contributed by atoms with van der Waals surface area (Å²) in [5, 5.41) is 9.61. The second-order valence-corrected chi connectivity index (χ2v) is 3.30. The topological polar surface area (TPSA) is 57.2 Å². The molecular weight excluding hydrogens is 188 g/mol. The summed E-state index contributed by atoms with van der Waals surface area (Å²) in [5.74, 6) is -1.23. The highest BCUT2D eigenvalue weighted by molar-refractivity contribution is 4.58. The predicted octanol–water partition coefficient (Wildman–Crippen LogP) is -0.225. The first-order valence-electron chi connectivity index (χ1n) is 4.80. The van der Waals surface area contributed by atoms with Gasteiger partial charge in [-0.05, 0) is 6.92 Å². The van der Waals surface area contributed by atoms with E-state index in [9.17, 15) is 5.11 Å². The lowest BCUT2D eigenvalue weighted by Crippen LogP contribution is -2.36. The van der Waals surface area contributed by atoms with Gasteiger partial charge in [0.15, 0.2) is 5.79 Å². The zero-order chi connectivity index (χ0) is 10.3. The Morgan fingerprint density at radius 2 is 1.36 bits per heavy atom. The zero-order valence-electron chi connectivity index (χ0n) is 8.53. The van der Waals surface area contributed by atoms with Crippen LogP contribution in [-0.2, 0) is 18.9 Å². The summed E-state index contributed by atoms with van der Waals surface area (Å²) in [7, 11) is 0. The summed E-state index contributed by atoms with van der Waals surface area (Å²) in [6.45, 7) is 4.62. The molecule has 0 aromatic carbocycles. The van der Waals surface area contributed by atoms with Gasteiger partial charge in [-0.25, -0.2) is 0 Å². The fraction of sp³-hybridized carbons (Fsp3) is 1.00. The SMILES string of the molecule is C[C@@]1(O)COCCOCCOCCO1. The molecule has 1 rings (SSSR count). The van der Waals surface area contributed by atoms with E-state index in [0.717, 1.165) is 0 Å². The van der Waals surface area contributed by atoms with E-state index in [4.69, 9.17) is 18.9 Å². The van der Waals surface area contributed by atoms with Crippen molar-refractivity contribution in [2.24, 2.45) is 0 Å². The standard InChI is InChI=1S/C9H18O5/c1-9(10)8-13-5-4-11-2-3-12-6-7-14-9/h10H,2-8H2,1H3/t9-/m0/s1. The lowest BCUT2D eigenvalue weighted by Gasteiger charge is -2.24. The van der Waals surface area contributed by atoms with E-state index >= 15 is 0 Å². The molecule has 0 unspecified atom stereocenters. The minimum atomic E-state index is -1.23. The Bertz CT molecular complexity index is 134. The summed E-state index contributed by atoms with van der Waals surface area (Å²) in [4.78, 5) is 0. The van der Waals surface area contributed by atoms with Gasteiger partial charge in [0.05, 0.1) is 39.6 Å². The Hall–Kier alpha value is -0.200. The third-order valence-electron chi connectivity index (χ3n) is 1.75. The second-order valence-electron chi connectivity index (χ2n) is 3.30. The van der Waals surface area contributed by atoms with Gasteiger partial charge in [-0.3, -0.25) is 0 Å². The third-order valence-corrected chi connectivity index (χ3v) is 1.75. The normalized spacial score (nSPS) is 33.0. The van der Waals surface area contributed by atoms with Crippen LogP contribution in [0.1, 0.15) is 6.92 Å². The molecule has 1 heterocycles. The molecule has 0 aliphatic carbocycles. The molecule has 1 atom stereocenters. The number of rotatable bonds is 0. The average molecular weight is 206 g/mol. The molecule has 0 aromatic rings. The minimum Gasteiger partial charge on any atom is -0.377 e. The minimum absolute atomic E-state index is 0.149. The average Bonchev–Trinajstić information content (AvgIpc) is 2.11. The molecule has 84 valence electrons. The van der Waals surface area contributed by atoms with Crippen LogP contribution in [0.25, 0.3) is 0 Å². The zero-order valence-corrected chi connectivity index (χ0v) is 8.53. The maximum atomic E-state index is 9.61. The van der Waals surface area contributed by atoms with E-state index in [1.165, 1.54) is 0 Å². The lowest BCUT2D eigenvalue weighted by molar-refractivity contribution is -0.228. The number of hydrogen-bond acceptors (Lipinski definition) is 5. The van der Waals surface area contributed by atoms with Gasteiger partial charge in [0.2, 0.25) is 0 Å². The van der Waals surface area contributed by atoms with Crippen molar-refractivity contribution in [3.8, 4) is 0 Å². The van der Waals surface area contributed by atoms with Crippen molar-refractivity contribution in [2.75, 3.05) is 46.2 Å². The molecule has 0 amide bonds. The van der Waals surface area contributed by atoms with Crippen LogP contribution < -0.4 is 0 Å². The highest BCUT2D eigenvalue weighted by Gasteiger charge is 2.21. The predicted molar refractivity (Wildman–Crippen MR) is 49.0 cm³/mol. The summed E-state index contributed by atoms with van der Waals surface area (Å²) in [6.07, 6.45) is 0. The van der Waals surface area contributed by atoms with Crippen molar-refractivity contribution in [1.29, 1.82) is 0 Å². The highest BCUT2D eigenvalue weighted by atomic mass is 16.7. The first-order valence-corrected chi connectivity index (χ1v) is 4.80. The molecule has 5 nitrogen and oxygen atoms in total. The smallest absolute Gasteiger partial charge is 0.186 e. The van der Waals surface area contributed by atoms with Gasteiger partial charge in [-0.15, -0.1) is 0 Å². The largest absolute Gasteiger partial charge is 0.377 e. The molecule has 1 aliphatic rings. The van der Waals surface area contributed by atoms with Crippen LogP contribution >= 0.6 is 0 Å². The van der Waals surface area contributed by atoms with Gasteiger partial charge in [0.1, 0.15) is 6.61 Å². The molecule has 1 N–H and O–H groups in total. The molecule has 0 aromatic heterocycles. The van der Waals surface area contributed by atoms with Crippen LogP contribution in [0.15, 0.2) is 0 Å². The lowest BCUT2D eigenvalue weighted by atomic mass is 10.3. The van der Waals surface area contributed by atoms with Gasteiger partial charge in [0, 0.05) is 0 Å². The Kier molecular flexibility index (Phi) is 5.36. The molecule has 5 heteroatoms. The van der Waals surface area contributed by atoms with E-state index in [1.807, 2.05) is 0 Å². The van der Waals surface area contributed by atoms with Crippen molar-refractivity contribution in [1.82, 2.24) is 0 Å². The monoisotopic (exact) mass is 206 g/mol. The molecule has 0 bridgehead atoms. The quantitative estimate of drug-likeness (QED) is 0.593. The van der Waals surface area contributed by atoms with Crippen molar-refractivity contribution < 1.29 is 24.1 Å². The summed E-state index contributed by atoms with van der Waals surface area (Å²) < 4.78 is 20.7. The molecule has 0 radical (unpaired) electrons. The van der Waals surface area contributed by atoms with E-state index in [2.05, 4.69) is 0 Å². The summed E-state index contributed by atoms with van der Waals surface area (Å²) >= 11 is 0. The van der Waals surface area contributed by atoms with Gasteiger partial charge in [-0.1, -0.05) is 0 Å². The van der Waals surface area contributed by atoms with Crippen molar-refractivity contribution in [3.05, 3.63) is 0 Å². The van der Waals surface area contributed by atoms with Crippen molar-refractivity contribution in [2.45, 2.75) is 12.7 Å². The second kappa shape index (κ2) is 6.31. The van der Waals surface area contributed by atoms with Crippen LogP contribution in [0, 0.1) is 0 Å². The van der Waals surface area contributed by atoms with E-state index < -0.39 is 5.79 Å². The first kappa shape index (κ1) is 11.9. The number of ether oxygens (including phenoxy) is 4. The summed E-state index contributed by atoms with van der Waals surface area (Å²) in [6, 6.07) is 0. The Balaban J connectivity index is 2.24. The van der Waals surface area contributed by atoms with E-state index in [1.54, 1.807) is 6.92 Å². The maximum Gasteiger partial charge on any atom is 0.186 e. The fourth-order valence-corrected chi connectivity index (χ4v) is 1.06. The van der Waals surface area contributed by atoms with Gasteiger partial charge in [0.25, 0.3) is 0 Å². The van der Waals surface area contributed by atoms with Crippen LogP contribution in [-0.4, -0.2) is 57.1 Å². The Morgan fingerprint density at radius 3 is 2.00 bits per heavy atom. The maximum absolute atomic E-state index is 9.61. The molecule has 1 fully saturated rings. The van der Waals surface area contributed by atoms with E-state index in [0.29, 0.717) is 39.6 Å². The van der Waals surface area contributed by atoms with Crippen LogP contribution in [0.4, 0.5) is 0 Å². The van der Waals surface area contributed by atoms with Gasteiger partial charge in [-0.2, -0.15) is 0 Å². The Morgan fingerprint density at radius 1 is 0.857 bits per heavy atom. The van der Waals surface area contributed by atoms with Crippen LogP contribution in [0.5, 0.6) is 0 Å². The fourth-order valence-electron chi connectivity index (χ4n) is 1.06. The Labute approximate surface area is 83.9 Å². The number of hydrogen-bond donors (Lipinski definition) is 1. The number of aliphatic hydroxyl groups is 1. The third kappa shape index (κ3) is 5.51. The molecule has 0 spiro atoms. The van der Waals surface area contributed by atoms with Crippen molar-refractivity contribution in [3.63, 3.8) is 0 Å². The first-order chi connectivity index (χ1) is 6.71. The molecule has 0 saturated carbocycles. The van der Waals surface area contributed by atoms with Crippen LogP contribution in [0.2, 0.25) is 0 Å². The molecular formula is C9H18O5. The van der Waals surface area contributed by atoms with Crippen molar-refractivity contribution >= 4 is 0 Å². The van der Waals surface area contributed by atoms with E-state index in [-0.39, 0.29) is 6.61 Å². The summed E-state index contributed by atoms with van der Waals surface area (Å²) in [5.41, 5.74) is 0. The molecule has 1 saturated heterocycles. The molecule has 14 heavy (non-hydrogen) atoms.